The molecule has 0 unspecified atom stereocenters. The first-order valence-corrected chi connectivity index (χ1v) is 8.34. The number of carbonyl (C=O) groups excluding carboxylic acids is 1. The second kappa shape index (κ2) is 6.59. The van der Waals surface area contributed by atoms with Crippen LogP contribution < -0.4 is 0 Å². The SMILES string of the molecule is CC(C)n1nccc1C(=O)N1CC[C@](O)(CN2CCOCC2)C1. The maximum atomic E-state index is 12.7. The minimum absolute atomic E-state index is 0.0471. The standard InChI is InChI=1S/C16H26N4O3/c1-13(2)20-14(3-5-17-20)15(21)19-6-4-16(22,12-19)11-18-7-9-23-10-8-18/h3,5,13,22H,4,6-12H2,1-2H3/t16-/m0/s1. The highest BCUT2D eigenvalue weighted by molar-refractivity contribution is 5.92. The van der Waals surface area contributed by atoms with Crippen molar-refractivity contribution in [1.29, 1.82) is 0 Å². The monoisotopic (exact) mass is 322 g/mol. The molecular weight excluding hydrogens is 296 g/mol. The number of ether oxygens (including phenoxy) is 1. The highest BCUT2D eigenvalue weighted by Gasteiger charge is 2.40. The van der Waals surface area contributed by atoms with Gasteiger partial charge in [-0.2, -0.15) is 5.10 Å². The molecule has 3 heterocycles. The van der Waals surface area contributed by atoms with Crippen molar-refractivity contribution in [3.63, 3.8) is 0 Å². The predicted molar refractivity (Wildman–Crippen MR) is 85.3 cm³/mol. The van der Waals surface area contributed by atoms with Gasteiger partial charge in [-0.25, -0.2) is 0 Å². The van der Waals surface area contributed by atoms with Crippen LogP contribution in [0.25, 0.3) is 0 Å². The van der Waals surface area contributed by atoms with Crippen molar-refractivity contribution in [3.05, 3.63) is 18.0 Å². The fraction of sp³-hybridized carbons (Fsp3) is 0.750. The lowest BCUT2D eigenvalue weighted by molar-refractivity contribution is -0.0257. The van der Waals surface area contributed by atoms with Crippen molar-refractivity contribution in [2.75, 3.05) is 45.9 Å². The molecule has 0 radical (unpaired) electrons. The normalized spacial score (nSPS) is 26.2. The van der Waals surface area contributed by atoms with Crippen LogP contribution in [0.2, 0.25) is 0 Å². The van der Waals surface area contributed by atoms with E-state index >= 15 is 0 Å². The summed E-state index contributed by atoms with van der Waals surface area (Å²) in [6, 6.07) is 1.89. The summed E-state index contributed by atoms with van der Waals surface area (Å²) in [6.45, 7) is 8.69. The quantitative estimate of drug-likeness (QED) is 0.867. The Morgan fingerprint density at radius 1 is 1.39 bits per heavy atom. The summed E-state index contributed by atoms with van der Waals surface area (Å²) in [5.41, 5.74) is -0.231. The molecule has 0 bridgehead atoms. The van der Waals surface area contributed by atoms with E-state index in [1.165, 1.54) is 0 Å². The first-order valence-electron chi connectivity index (χ1n) is 8.34. The third-order valence-electron chi connectivity index (χ3n) is 4.62. The molecule has 1 amide bonds. The number of aromatic nitrogens is 2. The Morgan fingerprint density at radius 2 is 2.13 bits per heavy atom. The fourth-order valence-electron chi connectivity index (χ4n) is 3.39. The summed E-state index contributed by atoms with van der Waals surface area (Å²) in [5, 5.41) is 15.1. The molecule has 0 spiro atoms. The molecule has 0 saturated carbocycles. The summed E-state index contributed by atoms with van der Waals surface area (Å²) in [6.07, 6.45) is 2.27. The minimum Gasteiger partial charge on any atom is -0.387 e. The number of amides is 1. The second-order valence-corrected chi connectivity index (χ2v) is 6.84. The van der Waals surface area contributed by atoms with Crippen molar-refractivity contribution in [1.82, 2.24) is 19.6 Å². The lowest BCUT2D eigenvalue weighted by Crippen LogP contribution is -2.49. The van der Waals surface area contributed by atoms with Crippen LogP contribution in [0, 0.1) is 0 Å². The molecule has 1 N–H and O–H groups in total. The van der Waals surface area contributed by atoms with Crippen LogP contribution in [0.4, 0.5) is 0 Å². The van der Waals surface area contributed by atoms with Gasteiger partial charge in [-0.05, 0) is 26.3 Å². The minimum atomic E-state index is -0.824. The van der Waals surface area contributed by atoms with Crippen LogP contribution in [-0.4, -0.2) is 82.1 Å². The van der Waals surface area contributed by atoms with Gasteiger partial charge in [0, 0.05) is 38.4 Å². The van der Waals surface area contributed by atoms with E-state index in [1.54, 1.807) is 21.8 Å². The van der Waals surface area contributed by atoms with Gasteiger partial charge in [-0.3, -0.25) is 14.4 Å². The van der Waals surface area contributed by atoms with Gasteiger partial charge in [0.2, 0.25) is 0 Å². The predicted octanol–water partition coefficient (Wildman–Crippen LogP) is 0.373. The van der Waals surface area contributed by atoms with Gasteiger partial charge < -0.3 is 14.7 Å². The molecule has 2 aliphatic heterocycles. The van der Waals surface area contributed by atoms with E-state index in [4.69, 9.17) is 4.74 Å². The van der Waals surface area contributed by atoms with Gasteiger partial charge >= 0.3 is 0 Å². The van der Waals surface area contributed by atoms with Crippen LogP contribution in [0.3, 0.4) is 0 Å². The maximum absolute atomic E-state index is 12.7. The Labute approximate surface area is 136 Å². The van der Waals surface area contributed by atoms with E-state index < -0.39 is 5.60 Å². The second-order valence-electron chi connectivity index (χ2n) is 6.84. The molecule has 2 aliphatic rings. The Hall–Kier alpha value is -1.44. The van der Waals surface area contributed by atoms with Gasteiger partial charge in [-0.15, -0.1) is 0 Å². The number of β-amino-alcohol motifs (C(OH)–C–C–N with tert-alkyl or cyclic N) is 1. The molecule has 0 aromatic carbocycles. The number of likely N-dealkylation sites (tertiary alicyclic amines) is 1. The van der Waals surface area contributed by atoms with Crippen molar-refractivity contribution < 1.29 is 14.6 Å². The summed E-state index contributed by atoms with van der Waals surface area (Å²) in [7, 11) is 0. The molecule has 7 heteroatoms. The van der Waals surface area contributed by atoms with E-state index in [1.807, 2.05) is 13.8 Å². The molecule has 2 fully saturated rings. The molecule has 1 aromatic heterocycles. The number of carbonyl (C=O) groups is 1. The highest BCUT2D eigenvalue weighted by atomic mass is 16.5. The topological polar surface area (TPSA) is 70.8 Å². The average molecular weight is 322 g/mol. The fourth-order valence-corrected chi connectivity index (χ4v) is 3.39. The van der Waals surface area contributed by atoms with E-state index in [9.17, 15) is 9.90 Å². The largest absolute Gasteiger partial charge is 0.387 e. The van der Waals surface area contributed by atoms with Crippen LogP contribution in [0.5, 0.6) is 0 Å². The summed E-state index contributed by atoms with van der Waals surface area (Å²) < 4.78 is 7.08. The summed E-state index contributed by atoms with van der Waals surface area (Å²) in [4.78, 5) is 16.7. The number of morpholine rings is 1. The molecule has 128 valence electrons. The lowest BCUT2D eigenvalue weighted by atomic mass is 10.0. The summed E-state index contributed by atoms with van der Waals surface area (Å²) in [5.74, 6) is -0.0471. The van der Waals surface area contributed by atoms with Gasteiger partial charge in [0.1, 0.15) is 5.69 Å². The first-order chi connectivity index (χ1) is 11.0. The van der Waals surface area contributed by atoms with E-state index in [2.05, 4.69) is 10.00 Å². The van der Waals surface area contributed by atoms with Gasteiger partial charge in [0.05, 0.1) is 25.4 Å². The van der Waals surface area contributed by atoms with Crippen LogP contribution in [0.15, 0.2) is 12.3 Å². The van der Waals surface area contributed by atoms with Crippen molar-refractivity contribution in [3.8, 4) is 0 Å². The van der Waals surface area contributed by atoms with Crippen molar-refractivity contribution >= 4 is 5.91 Å². The van der Waals surface area contributed by atoms with Gasteiger partial charge in [0.15, 0.2) is 0 Å². The Morgan fingerprint density at radius 3 is 2.83 bits per heavy atom. The zero-order valence-electron chi connectivity index (χ0n) is 13.9. The van der Waals surface area contributed by atoms with E-state index in [-0.39, 0.29) is 11.9 Å². The van der Waals surface area contributed by atoms with Crippen LogP contribution in [-0.2, 0) is 4.74 Å². The number of nitrogens with zero attached hydrogens (tertiary/aromatic N) is 4. The maximum Gasteiger partial charge on any atom is 0.272 e. The van der Waals surface area contributed by atoms with Crippen molar-refractivity contribution in [2.45, 2.75) is 31.9 Å². The van der Waals surface area contributed by atoms with E-state index in [0.717, 1.165) is 13.1 Å². The lowest BCUT2D eigenvalue weighted by Gasteiger charge is -2.33. The molecule has 1 atom stereocenters. The third kappa shape index (κ3) is 3.57. The number of hydrogen-bond acceptors (Lipinski definition) is 5. The van der Waals surface area contributed by atoms with Gasteiger partial charge in [0.25, 0.3) is 5.91 Å². The highest BCUT2D eigenvalue weighted by Crippen LogP contribution is 2.25. The van der Waals surface area contributed by atoms with Crippen LogP contribution >= 0.6 is 0 Å². The molecular formula is C16H26N4O3. The number of rotatable bonds is 4. The van der Waals surface area contributed by atoms with Gasteiger partial charge in [-0.1, -0.05) is 0 Å². The smallest absolute Gasteiger partial charge is 0.272 e. The number of aliphatic hydroxyl groups is 1. The Kier molecular flexibility index (Phi) is 4.70. The Bertz CT molecular complexity index is 553. The molecule has 23 heavy (non-hydrogen) atoms. The summed E-state index contributed by atoms with van der Waals surface area (Å²) >= 11 is 0. The number of hydrogen-bond donors (Lipinski definition) is 1. The molecule has 2 saturated heterocycles. The first kappa shape index (κ1) is 16.4. The van der Waals surface area contributed by atoms with Crippen LogP contribution in [0.1, 0.15) is 36.8 Å². The Balaban J connectivity index is 1.64. The van der Waals surface area contributed by atoms with E-state index in [0.29, 0.717) is 45.0 Å². The van der Waals surface area contributed by atoms with Crippen molar-refractivity contribution in [2.24, 2.45) is 0 Å². The molecule has 0 aliphatic carbocycles. The third-order valence-corrected chi connectivity index (χ3v) is 4.62. The zero-order valence-corrected chi connectivity index (χ0v) is 13.9. The average Bonchev–Trinajstić information content (AvgIpc) is 3.14. The zero-order chi connectivity index (χ0) is 16.4. The molecule has 1 aromatic rings. The molecule has 3 rings (SSSR count). The molecule has 7 nitrogen and oxygen atoms in total.